The standard InChI is InChI=1S/C27H38N4O2/c1-31(2)24-16-27(28,30-23-9-6-5-8-21(23)24)20-14-12-19(13-15-20)17-29-18-22-25(32-3)10-7-11-26(22)33-4/h5-11,16,19-20,29-30H,12-15,17-18,28H2,1-4H3. The summed E-state index contributed by atoms with van der Waals surface area (Å²) in [6, 6.07) is 14.4. The molecule has 6 nitrogen and oxygen atoms in total. The number of nitrogens with two attached hydrogens (primary N) is 1. The molecule has 1 saturated carbocycles. The molecule has 0 saturated heterocycles. The van der Waals surface area contributed by atoms with E-state index in [1.165, 1.54) is 24.1 Å². The van der Waals surface area contributed by atoms with Crippen LogP contribution in [0.2, 0.25) is 0 Å². The first-order valence-electron chi connectivity index (χ1n) is 11.9. The second-order valence-corrected chi connectivity index (χ2v) is 9.52. The topological polar surface area (TPSA) is 71.8 Å². The molecule has 1 aliphatic heterocycles. The van der Waals surface area contributed by atoms with Gasteiger partial charge in [0.05, 0.1) is 14.2 Å². The molecule has 4 N–H and O–H groups in total. The van der Waals surface area contributed by atoms with Gasteiger partial charge in [-0.15, -0.1) is 0 Å². The summed E-state index contributed by atoms with van der Waals surface area (Å²) in [7, 11) is 7.59. The minimum absolute atomic E-state index is 0.409. The van der Waals surface area contributed by atoms with Crippen LogP contribution in [0.3, 0.4) is 0 Å². The van der Waals surface area contributed by atoms with E-state index in [-0.39, 0.29) is 0 Å². The highest BCUT2D eigenvalue weighted by atomic mass is 16.5. The quantitative estimate of drug-likeness (QED) is 0.558. The number of fused-ring (bicyclic) bond motifs is 1. The van der Waals surface area contributed by atoms with E-state index in [1.807, 2.05) is 18.2 Å². The van der Waals surface area contributed by atoms with Gasteiger partial charge in [-0.25, -0.2) is 0 Å². The van der Waals surface area contributed by atoms with Crippen molar-refractivity contribution in [2.75, 3.05) is 40.2 Å². The van der Waals surface area contributed by atoms with Crippen molar-refractivity contribution in [2.45, 2.75) is 37.9 Å². The summed E-state index contributed by atoms with van der Waals surface area (Å²) in [6.45, 7) is 1.72. The van der Waals surface area contributed by atoms with Gasteiger partial charge in [0.25, 0.3) is 0 Å². The molecule has 2 aromatic rings. The number of nitrogens with zero attached hydrogens (tertiary/aromatic N) is 1. The van der Waals surface area contributed by atoms with E-state index in [0.717, 1.165) is 48.7 Å². The van der Waals surface area contributed by atoms with Crippen molar-refractivity contribution in [3.63, 3.8) is 0 Å². The van der Waals surface area contributed by atoms with Gasteiger partial charge < -0.3 is 30.7 Å². The van der Waals surface area contributed by atoms with Crippen molar-refractivity contribution >= 4 is 11.4 Å². The van der Waals surface area contributed by atoms with E-state index in [9.17, 15) is 0 Å². The molecule has 178 valence electrons. The molecule has 2 aromatic carbocycles. The lowest BCUT2D eigenvalue weighted by atomic mass is 9.74. The van der Waals surface area contributed by atoms with Crippen LogP contribution in [-0.2, 0) is 6.54 Å². The highest BCUT2D eigenvalue weighted by Gasteiger charge is 2.39. The van der Waals surface area contributed by atoms with Gasteiger partial charge in [0.1, 0.15) is 17.2 Å². The molecular weight excluding hydrogens is 412 g/mol. The lowest BCUT2D eigenvalue weighted by Gasteiger charge is -2.44. The summed E-state index contributed by atoms with van der Waals surface area (Å²) >= 11 is 0. The summed E-state index contributed by atoms with van der Waals surface area (Å²) in [4.78, 5) is 2.17. The van der Waals surface area contributed by atoms with Crippen molar-refractivity contribution in [2.24, 2.45) is 17.6 Å². The Balaban J connectivity index is 1.36. The Morgan fingerprint density at radius 1 is 1.00 bits per heavy atom. The number of benzene rings is 2. The first-order valence-corrected chi connectivity index (χ1v) is 11.9. The van der Waals surface area contributed by atoms with Gasteiger partial charge in [0.2, 0.25) is 0 Å². The number of hydrogen-bond donors (Lipinski definition) is 3. The Hall–Kier alpha value is -2.70. The minimum Gasteiger partial charge on any atom is -0.496 e. The zero-order valence-corrected chi connectivity index (χ0v) is 20.4. The number of hydrogen-bond acceptors (Lipinski definition) is 6. The molecule has 6 heteroatoms. The lowest BCUT2D eigenvalue weighted by molar-refractivity contribution is 0.214. The predicted molar refractivity (Wildman–Crippen MR) is 135 cm³/mol. The van der Waals surface area contributed by atoms with Gasteiger partial charge in [-0.05, 0) is 68.3 Å². The Morgan fingerprint density at radius 3 is 2.30 bits per heavy atom. The molecule has 4 rings (SSSR count). The number of rotatable bonds is 8. The second kappa shape index (κ2) is 10.1. The van der Waals surface area contributed by atoms with Gasteiger partial charge in [0, 0.05) is 43.2 Å². The van der Waals surface area contributed by atoms with Crippen LogP contribution < -0.4 is 25.8 Å². The molecule has 0 spiro atoms. The van der Waals surface area contributed by atoms with E-state index in [1.54, 1.807) is 14.2 Å². The fourth-order valence-electron chi connectivity index (χ4n) is 5.33. The first-order chi connectivity index (χ1) is 15.9. The molecule has 1 heterocycles. The molecule has 1 atom stereocenters. The normalized spacial score (nSPS) is 24.3. The molecule has 0 aromatic heterocycles. The Bertz CT molecular complexity index is 960. The molecule has 1 fully saturated rings. The smallest absolute Gasteiger partial charge is 0.127 e. The van der Waals surface area contributed by atoms with Crippen LogP contribution >= 0.6 is 0 Å². The summed E-state index contributed by atoms with van der Waals surface area (Å²) < 4.78 is 11.0. The molecule has 0 amide bonds. The summed E-state index contributed by atoms with van der Waals surface area (Å²) in [6.07, 6.45) is 6.83. The van der Waals surface area contributed by atoms with Gasteiger partial charge in [-0.3, -0.25) is 0 Å². The highest BCUT2D eigenvalue weighted by Crippen LogP contribution is 2.41. The van der Waals surface area contributed by atoms with E-state index in [2.05, 4.69) is 60.0 Å². The average Bonchev–Trinajstić information content (AvgIpc) is 2.83. The first kappa shape index (κ1) is 23.5. The van der Waals surface area contributed by atoms with Crippen molar-refractivity contribution in [1.82, 2.24) is 10.2 Å². The Kier molecular flexibility index (Phi) is 7.15. The molecule has 0 bridgehead atoms. The van der Waals surface area contributed by atoms with Gasteiger partial charge in [0.15, 0.2) is 0 Å². The lowest BCUT2D eigenvalue weighted by Crippen LogP contribution is -2.55. The van der Waals surface area contributed by atoms with E-state index in [0.29, 0.717) is 11.8 Å². The highest BCUT2D eigenvalue weighted by molar-refractivity contribution is 5.80. The van der Waals surface area contributed by atoms with E-state index >= 15 is 0 Å². The number of ether oxygens (including phenoxy) is 2. The van der Waals surface area contributed by atoms with Crippen molar-refractivity contribution in [1.29, 1.82) is 0 Å². The van der Waals surface area contributed by atoms with Crippen LogP contribution in [0.15, 0.2) is 48.5 Å². The van der Waals surface area contributed by atoms with Gasteiger partial charge in [-0.2, -0.15) is 0 Å². The second-order valence-electron chi connectivity index (χ2n) is 9.52. The SMILES string of the molecule is COc1cccc(OC)c1CNCC1CCC(C2(N)C=C(N(C)C)c3ccccc3N2)CC1. The van der Waals surface area contributed by atoms with Crippen molar-refractivity contribution < 1.29 is 9.47 Å². The molecular formula is C27H38N4O2. The van der Waals surface area contributed by atoms with Crippen LogP contribution in [0.25, 0.3) is 5.70 Å². The minimum atomic E-state index is -0.517. The zero-order chi connectivity index (χ0) is 23.4. The largest absolute Gasteiger partial charge is 0.496 e. The van der Waals surface area contributed by atoms with Crippen molar-refractivity contribution in [3.8, 4) is 11.5 Å². The van der Waals surface area contributed by atoms with E-state index in [4.69, 9.17) is 15.2 Å². The third kappa shape index (κ3) is 4.97. The van der Waals surface area contributed by atoms with Crippen LogP contribution in [0, 0.1) is 11.8 Å². The van der Waals surface area contributed by atoms with Crippen LogP contribution in [0.4, 0.5) is 5.69 Å². The number of nitrogens with one attached hydrogen (secondary N) is 2. The monoisotopic (exact) mass is 450 g/mol. The molecule has 1 aliphatic carbocycles. The molecule has 33 heavy (non-hydrogen) atoms. The summed E-state index contributed by atoms with van der Waals surface area (Å²) in [5.74, 6) is 2.79. The maximum Gasteiger partial charge on any atom is 0.127 e. The maximum atomic E-state index is 7.00. The number of para-hydroxylation sites is 1. The third-order valence-corrected chi connectivity index (χ3v) is 7.20. The Morgan fingerprint density at radius 2 is 1.67 bits per heavy atom. The third-order valence-electron chi connectivity index (χ3n) is 7.20. The van der Waals surface area contributed by atoms with Crippen LogP contribution in [0.5, 0.6) is 11.5 Å². The Labute approximate surface area is 198 Å². The fraction of sp³-hybridized carbons (Fsp3) is 0.481. The zero-order valence-electron chi connectivity index (χ0n) is 20.4. The number of methoxy groups -OCH3 is 2. The maximum absolute atomic E-state index is 7.00. The van der Waals surface area contributed by atoms with Crippen molar-refractivity contribution in [3.05, 3.63) is 59.7 Å². The summed E-state index contributed by atoms with van der Waals surface area (Å²) in [5, 5.41) is 7.30. The van der Waals surface area contributed by atoms with Gasteiger partial charge in [-0.1, -0.05) is 24.3 Å². The fourth-order valence-corrected chi connectivity index (χ4v) is 5.33. The number of anilines is 1. The van der Waals surface area contributed by atoms with Crippen LogP contribution in [-0.4, -0.2) is 45.4 Å². The van der Waals surface area contributed by atoms with Crippen LogP contribution in [0.1, 0.15) is 36.8 Å². The summed E-state index contributed by atoms with van der Waals surface area (Å²) in [5.41, 5.74) is 11.1. The average molecular weight is 451 g/mol. The van der Waals surface area contributed by atoms with Gasteiger partial charge >= 0.3 is 0 Å². The molecule has 0 radical (unpaired) electrons. The molecule has 1 unspecified atom stereocenters. The van der Waals surface area contributed by atoms with E-state index < -0.39 is 5.66 Å². The molecule has 2 aliphatic rings. The predicted octanol–water partition coefficient (Wildman–Crippen LogP) is 4.28.